The van der Waals surface area contributed by atoms with Gasteiger partial charge in [0.1, 0.15) is 5.15 Å². The molecule has 0 amide bonds. The highest BCUT2D eigenvalue weighted by Gasteiger charge is 2.12. The van der Waals surface area contributed by atoms with Crippen molar-refractivity contribution in [2.75, 3.05) is 0 Å². The van der Waals surface area contributed by atoms with E-state index >= 15 is 0 Å². The Morgan fingerprint density at radius 3 is 2.08 bits per heavy atom. The number of hydrogen-bond acceptors (Lipinski definition) is 1. The van der Waals surface area contributed by atoms with Gasteiger partial charge < -0.3 is 0 Å². The van der Waals surface area contributed by atoms with Crippen LogP contribution in [0.15, 0.2) is 0 Å². The topological polar surface area (TPSA) is 12.9 Å². The van der Waals surface area contributed by atoms with Gasteiger partial charge in [0.05, 0.1) is 15.6 Å². The Kier molecular flexibility index (Phi) is 3.09. The smallest absolute Gasteiger partial charge is 0.151 e. The molecule has 0 radical (unpaired) electrons. The summed E-state index contributed by atoms with van der Waals surface area (Å²) in [5.41, 5.74) is 0.257. The van der Waals surface area contributed by atoms with Crippen molar-refractivity contribution >= 4 is 46.4 Å². The van der Waals surface area contributed by atoms with Crippen molar-refractivity contribution in [3.8, 4) is 12.3 Å². The molecule has 0 spiro atoms. The largest absolute Gasteiger partial charge is 0.221 e. The van der Waals surface area contributed by atoms with Gasteiger partial charge in [-0.15, -0.1) is 6.42 Å². The molecule has 0 saturated heterocycles. The molecule has 1 nitrogen and oxygen atoms in total. The Morgan fingerprint density at radius 2 is 1.58 bits per heavy atom. The lowest BCUT2D eigenvalue weighted by atomic mass is 10.3. The number of nitrogens with zero attached hydrogens (tertiary/aromatic N) is 1. The van der Waals surface area contributed by atoms with Crippen LogP contribution in [0.4, 0.5) is 0 Å². The molecule has 1 heterocycles. The van der Waals surface area contributed by atoms with Gasteiger partial charge in [-0.25, -0.2) is 4.98 Å². The Labute approximate surface area is 89.6 Å². The van der Waals surface area contributed by atoms with Crippen LogP contribution in [-0.2, 0) is 0 Å². The maximum Gasteiger partial charge on any atom is 0.151 e. The van der Waals surface area contributed by atoms with Gasteiger partial charge in [-0.3, -0.25) is 0 Å². The predicted molar refractivity (Wildman–Crippen MR) is 52.2 cm³/mol. The minimum Gasteiger partial charge on any atom is -0.221 e. The number of rotatable bonds is 0. The summed E-state index contributed by atoms with van der Waals surface area (Å²) in [6, 6.07) is 0. The lowest BCUT2D eigenvalue weighted by molar-refractivity contribution is 1.31. The lowest BCUT2D eigenvalue weighted by Gasteiger charge is -2.02. The number of halogens is 4. The Hall–Kier alpha value is -0.130. The van der Waals surface area contributed by atoms with Gasteiger partial charge in [0.2, 0.25) is 0 Å². The molecule has 0 aliphatic heterocycles. The van der Waals surface area contributed by atoms with E-state index in [9.17, 15) is 0 Å². The first-order chi connectivity index (χ1) is 5.57. The second-order valence-electron chi connectivity index (χ2n) is 1.84. The monoisotopic (exact) mass is 239 g/mol. The van der Waals surface area contributed by atoms with Crippen LogP contribution in [0.25, 0.3) is 0 Å². The zero-order valence-electron chi connectivity index (χ0n) is 5.54. The number of pyridine rings is 1. The van der Waals surface area contributed by atoms with Crippen molar-refractivity contribution in [3.05, 3.63) is 25.9 Å². The van der Waals surface area contributed by atoms with Crippen LogP contribution in [0.5, 0.6) is 0 Å². The SMILES string of the molecule is C#Cc1c(Cl)nc(Cl)c(Cl)c1Cl. The molecule has 0 aliphatic carbocycles. The fourth-order valence-corrected chi connectivity index (χ4v) is 1.53. The lowest BCUT2D eigenvalue weighted by Crippen LogP contribution is -1.87. The highest BCUT2D eigenvalue weighted by molar-refractivity contribution is 6.49. The second-order valence-corrected chi connectivity index (χ2v) is 3.31. The molecule has 0 unspecified atom stereocenters. The van der Waals surface area contributed by atoms with E-state index in [2.05, 4.69) is 10.9 Å². The summed E-state index contributed by atoms with van der Waals surface area (Å²) < 4.78 is 0. The normalized spacial score (nSPS) is 9.58. The molecule has 1 aromatic rings. The third-order valence-corrected chi connectivity index (χ3v) is 2.63. The van der Waals surface area contributed by atoms with Gasteiger partial charge in [-0.1, -0.05) is 52.3 Å². The highest BCUT2D eigenvalue weighted by atomic mass is 35.5. The Bertz CT molecular complexity index is 367. The zero-order valence-corrected chi connectivity index (χ0v) is 8.56. The van der Waals surface area contributed by atoms with E-state index in [-0.39, 0.29) is 25.9 Å². The van der Waals surface area contributed by atoms with E-state index in [1.165, 1.54) is 0 Å². The van der Waals surface area contributed by atoms with Crippen LogP contribution in [-0.4, -0.2) is 4.98 Å². The first-order valence-electron chi connectivity index (χ1n) is 2.74. The molecule has 0 saturated carbocycles. The van der Waals surface area contributed by atoms with Gasteiger partial charge in [0.25, 0.3) is 0 Å². The van der Waals surface area contributed by atoms with E-state index in [0.29, 0.717) is 0 Å². The van der Waals surface area contributed by atoms with E-state index in [1.807, 2.05) is 0 Å². The van der Waals surface area contributed by atoms with Crippen LogP contribution in [0.3, 0.4) is 0 Å². The van der Waals surface area contributed by atoms with Crippen LogP contribution < -0.4 is 0 Å². The molecule has 0 bridgehead atoms. The summed E-state index contributed by atoms with van der Waals surface area (Å²) in [7, 11) is 0. The molecule has 12 heavy (non-hydrogen) atoms. The first-order valence-corrected chi connectivity index (χ1v) is 4.25. The average Bonchev–Trinajstić information content (AvgIpc) is 2.01. The average molecular weight is 241 g/mol. The molecule has 0 fully saturated rings. The number of terminal acetylenes is 1. The van der Waals surface area contributed by atoms with Crippen molar-refractivity contribution in [3.63, 3.8) is 0 Å². The zero-order chi connectivity index (χ0) is 9.30. The van der Waals surface area contributed by atoms with E-state index in [1.54, 1.807) is 0 Å². The third-order valence-electron chi connectivity index (χ3n) is 1.14. The van der Waals surface area contributed by atoms with Gasteiger partial charge in [-0.2, -0.15) is 0 Å². The fraction of sp³-hybridized carbons (Fsp3) is 0. The van der Waals surface area contributed by atoms with Crippen LogP contribution in [0, 0.1) is 12.3 Å². The van der Waals surface area contributed by atoms with Crippen LogP contribution >= 0.6 is 46.4 Å². The molecule has 0 aliphatic rings. The number of hydrogen-bond donors (Lipinski definition) is 0. The third kappa shape index (κ3) is 1.62. The summed E-state index contributed by atoms with van der Waals surface area (Å²) in [5, 5.41) is 0.405. The molecule has 0 N–H and O–H groups in total. The quantitative estimate of drug-likeness (QED) is 0.498. The minimum atomic E-state index is 0.0469. The summed E-state index contributed by atoms with van der Waals surface area (Å²) in [6.07, 6.45) is 5.11. The summed E-state index contributed by atoms with van der Waals surface area (Å²) >= 11 is 22.6. The molecule has 0 aromatic carbocycles. The van der Waals surface area contributed by atoms with Crippen molar-refractivity contribution in [2.24, 2.45) is 0 Å². The number of aromatic nitrogens is 1. The molecule has 0 atom stereocenters. The summed E-state index contributed by atoms with van der Waals surface area (Å²) in [5.74, 6) is 2.26. The molecule has 5 heteroatoms. The summed E-state index contributed by atoms with van der Waals surface area (Å²) in [6.45, 7) is 0. The standard InChI is InChI=1S/C7HCl4N/c1-2-3-4(8)5(9)7(11)12-6(3)10/h1H. The fourth-order valence-electron chi connectivity index (χ4n) is 0.605. The Balaban J connectivity index is 3.54. The molecular weight excluding hydrogens is 240 g/mol. The van der Waals surface area contributed by atoms with Crippen molar-refractivity contribution in [1.82, 2.24) is 4.98 Å². The molecule has 1 rings (SSSR count). The van der Waals surface area contributed by atoms with Crippen molar-refractivity contribution in [1.29, 1.82) is 0 Å². The van der Waals surface area contributed by atoms with E-state index in [4.69, 9.17) is 52.8 Å². The van der Waals surface area contributed by atoms with Gasteiger partial charge in [-0.05, 0) is 0 Å². The van der Waals surface area contributed by atoms with E-state index in [0.717, 1.165) is 0 Å². The minimum absolute atomic E-state index is 0.0469. The van der Waals surface area contributed by atoms with Crippen LogP contribution in [0.2, 0.25) is 20.4 Å². The first kappa shape index (κ1) is 9.95. The van der Waals surface area contributed by atoms with Gasteiger partial charge >= 0.3 is 0 Å². The molecule has 62 valence electrons. The molecular formula is C7HCl4N. The van der Waals surface area contributed by atoms with Crippen molar-refractivity contribution < 1.29 is 0 Å². The van der Waals surface area contributed by atoms with Crippen LogP contribution in [0.1, 0.15) is 5.56 Å². The highest BCUT2D eigenvalue weighted by Crippen LogP contribution is 2.34. The predicted octanol–water partition coefficient (Wildman–Crippen LogP) is 3.68. The maximum absolute atomic E-state index is 5.72. The second kappa shape index (κ2) is 3.72. The molecule has 1 aromatic heterocycles. The Morgan fingerprint density at radius 1 is 1.00 bits per heavy atom. The van der Waals surface area contributed by atoms with Crippen molar-refractivity contribution in [2.45, 2.75) is 0 Å². The van der Waals surface area contributed by atoms with E-state index < -0.39 is 0 Å². The summed E-state index contributed by atoms with van der Waals surface area (Å²) in [4.78, 5) is 3.68. The van der Waals surface area contributed by atoms with Gasteiger partial charge in [0.15, 0.2) is 5.15 Å². The van der Waals surface area contributed by atoms with Gasteiger partial charge in [0, 0.05) is 0 Å². The maximum atomic E-state index is 5.72.